The molecule has 4 heteroatoms. The van der Waals surface area contributed by atoms with Crippen molar-refractivity contribution in [2.75, 3.05) is 0 Å². The molecule has 0 aliphatic heterocycles. The molecule has 2 nitrogen and oxygen atoms in total. The first-order valence-electron chi connectivity index (χ1n) is 5.00. The molecule has 17 heavy (non-hydrogen) atoms. The van der Waals surface area contributed by atoms with E-state index < -0.39 is 5.82 Å². The van der Waals surface area contributed by atoms with E-state index in [0.717, 1.165) is 16.2 Å². The van der Waals surface area contributed by atoms with E-state index in [2.05, 4.69) is 20.9 Å². The second-order valence-electron chi connectivity index (χ2n) is 3.65. The van der Waals surface area contributed by atoms with Crippen LogP contribution in [0.3, 0.4) is 0 Å². The molecule has 86 valence electrons. The smallest absolute Gasteiger partial charge is 0.196 e. The Labute approximate surface area is 107 Å². The zero-order valence-electron chi connectivity index (χ0n) is 9.08. The molecular weight excluding hydrogens is 285 g/mol. The fourth-order valence-electron chi connectivity index (χ4n) is 1.50. The molecule has 0 saturated carbocycles. The SMILES string of the molecule is Cc1cc(C(=O)c2ccncc2F)ccc1Br. The van der Waals surface area contributed by atoms with Crippen molar-refractivity contribution in [3.05, 3.63) is 63.6 Å². The number of hydrogen-bond acceptors (Lipinski definition) is 2. The van der Waals surface area contributed by atoms with Gasteiger partial charge in [-0.15, -0.1) is 0 Å². The van der Waals surface area contributed by atoms with E-state index in [1.165, 1.54) is 12.3 Å². The highest BCUT2D eigenvalue weighted by Gasteiger charge is 2.14. The van der Waals surface area contributed by atoms with Crippen molar-refractivity contribution in [2.45, 2.75) is 6.92 Å². The maximum Gasteiger partial charge on any atom is 0.196 e. The van der Waals surface area contributed by atoms with Gasteiger partial charge < -0.3 is 0 Å². The summed E-state index contributed by atoms with van der Waals surface area (Å²) >= 11 is 3.35. The zero-order valence-corrected chi connectivity index (χ0v) is 10.7. The second-order valence-corrected chi connectivity index (χ2v) is 4.50. The number of carbonyl (C=O) groups excluding carboxylic acids is 1. The molecule has 2 aromatic rings. The number of rotatable bonds is 2. The molecular formula is C13H9BrFNO. The Morgan fingerprint density at radius 1 is 1.35 bits per heavy atom. The Morgan fingerprint density at radius 2 is 2.12 bits per heavy atom. The molecule has 0 atom stereocenters. The number of ketones is 1. The van der Waals surface area contributed by atoms with Crippen LogP contribution >= 0.6 is 15.9 Å². The number of aryl methyl sites for hydroxylation is 1. The molecule has 1 heterocycles. The molecule has 0 bridgehead atoms. The summed E-state index contributed by atoms with van der Waals surface area (Å²) in [4.78, 5) is 15.7. The molecule has 1 aromatic heterocycles. The van der Waals surface area contributed by atoms with Crippen LogP contribution in [0.15, 0.2) is 41.1 Å². The Kier molecular flexibility index (Phi) is 3.33. The predicted molar refractivity (Wildman–Crippen MR) is 66.5 cm³/mol. The Hall–Kier alpha value is -1.55. The average molecular weight is 294 g/mol. The lowest BCUT2D eigenvalue weighted by Gasteiger charge is -2.04. The van der Waals surface area contributed by atoms with Gasteiger partial charge in [0.25, 0.3) is 0 Å². The molecule has 0 saturated heterocycles. The van der Waals surface area contributed by atoms with E-state index in [1.54, 1.807) is 18.2 Å². The van der Waals surface area contributed by atoms with Crippen LogP contribution in [-0.2, 0) is 0 Å². The van der Waals surface area contributed by atoms with Crippen molar-refractivity contribution in [1.82, 2.24) is 4.98 Å². The summed E-state index contributed by atoms with van der Waals surface area (Å²) in [6.07, 6.45) is 2.45. The lowest BCUT2D eigenvalue weighted by Crippen LogP contribution is -2.04. The Balaban J connectivity index is 2.44. The number of pyridine rings is 1. The number of nitrogens with zero attached hydrogens (tertiary/aromatic N) is 1. The van der Waals surface area contributed by atoms with Crippen LogP contribution in [0, 0.1) is 12.7 Å². The third kappa shape index (κ3) is 2.42. The molecule has 1 aromatic carbocycles. The summed E-state index contributed by atoms with van der Waals surface area (Å²) in [6.45, 7) is 1.88. The van der Waals surface area contributed by atoms with Crippen LogP contribution in [0.2, 0.25) is 0 Å². The Bertz CT molecular complexity index is 583. The first kappa shape index (κ1) is 11.9. The lowest BCUT2D eigenvalue weighted by molar-refractivity contribution is 0.103. The molecule has 0 unspecified atom stereocenters. The van der Waals surface area contributed by atoms with Gasteiger partial charge in [0, 0.05) is 16.2 Å². The number of carbonyl (C=O) groups is 1. The van der Waals surface area contributed by atoms with E-state index in [-0.39, 0.29) is 11.3 Å². The topological polar surface area (TPSA) is 30.0 Å². The highest BCUT2D eigenvalue weighted by molar-refractivity contribution is 9.10. The van der Waals surface area contributed by atoms with Crippen LogP contribution in [0.25, 0.3) is 0 Å². The number of aromatic nitrogens is 1. The summed E-state index contributed by atoms with van der Waals surface area (Å²) < 4.78 is 14.3. The van der Waals surface area contributed by atoms with Gasteiger partial charge in [0.15, 0.2) is 11.6 Å². The molecule has 0 radical (unpaired) electrons. The molecule has 0 aliphatic carbocycles. The highest BCUT2D eigenvalue weighted by atomic mass is 79.9. The molecule has 0 fully saturated rings. The Morgan fingerprint density at radius 3 is 2.76 bits per heavy atom. The second kappa shape index (κ2) is 4.75. The van der Waals surface area contributed by atoms with Crippen LogP contribution in [0.4, 0.5) is 4.39 Å². The van der Waals surface area contributed by atoms with Gasteiger partial charge in [0.2, 0.25) is 0 Å². The van der Waals surface area contributed by atoms with Gasteiger partial charge in [0.1, 0.15) is 0 Å². The standard InChI is InChI=1S/C13H9BrFNO/c1-8-6-9(2-3-11(8)14)13(17)10-4-5-16-7-12(10)15/h2-7H,1H3. The quantitative estimate of drug-likeness (QED) is 0.793. The highest BCUT2D eigenvalue weighted by Crippen LogP contribution is 2.19. The van der Waals surface area contributed by atoms with Crippen molar-refractivity contribution in [3.63, 3.8) is 0 Å². The van der Waals surface area contributed by atoms with E-state index in [9.17, 15) is 9.18 Å². The summed E-state index contributed by atoms with van der Waals surface area (Å²) in [5, 5.41) is 0. The van der Waals surface area contributed by atoms with E-state index >= 15 is 0 Å². The largest absolute Gasteiger partial charge is 0.288 e. The van der Waals surface area contributed by atoms with Gasteiger partial charge in [0.05, 0.1) is 11.8 Å². The maximum atomic E-state index is 13.4. The van der Waals surface area contributed by atoms with Crippen molar-refractivity contribution >= 4 is 21.7 Å². The van der Waals surface area contributed by atoms with Gasteiger partial charge in [-0.25, -0.2) is 4.39 Å². The van der Waals surface area contributed by atoms with E-state index in [1.807, 2.05) is 6.92 Å². The molecule has 0 amide bonds. The molecule has 0 spiro atoms. The predicted octanol–water partition coefficient (Wildman–Crippen LogP) is 3.52. The molecule has 0 N–H and O–H groups in total. The van der Waals surface area contributed by atoms with E-state index in [4.69, 9.17) is 0 Å². The normalized spacial score (nSPS) is 10.3. The summed E-state index contributed by atoms with van der Waals surface area (Å²) in [5.41, 5.74) is 1.45. The first-order chi connectivity index (χ1) is 8.09. The van der Waals surface area contributed by atoms with Crippen molar-refractivity contribution in [1.29, 1.82) is 0 Å². The number of benzene rings is 1. The fourth-order valence-corrected chi connectivity index (χ4v) is 1.75. The van der Waals surface area contributed by atoms with Crippen LogP contribution in [0.5, 0.6) is 0 Å². The average Bonchev–Trinajstić information content (AvgIpc) is 2.32. The fraction of sp³-hybridized carbons (Fsp3) is 0.0769. The molecule has 0 aliphatic rings. The minimum Gasteiger partial charge on any atom is -0.288 e. The lowest BCUT2D eigenvalue weighted by atomic mass is 10.0. The third-order valence-corrected chi connectivity index (χ3v) is 3.33. The number of hydrogen-bond donors (Lipinski definition) is 0. The van der Waals surface area contributed by atoms with Gasteiger partial charge in [-0.05, 0) is 36.8 Å². The minimum absolute atomic E-state index is 0.0433. The minimum atomic E-state index is -0.599. The van der Waals surface area contributed by atoms with E-state index in [0.29, 0.717) is 5.56 Å². The van der Waals surface area contributed by atoms with Crippen LogP contribution in [-0.4, -0.2) is 10.8 Å². The maximum absolute atomic E-state index is 13.4. The van der Waals surface area contributed by atoms with Crippen molar-refractivity contribution in [2.24, 2.45) is 0 Å². The van der Waals surface area contributed by atoms with Gasteiger partial charge >= 0.3 is 0 Å². The van der Waals surface area contributed by atoms with Crippen LogP contribution in [0.1, 0.15) is 21.5 Å². The molecule has 2 rings (SSSR count). The summed E-state index contributed by atoms with van der Waals surface area (Å²) in [5.74, 6) is -0.932. The summed E-state index contributed by atoms with van der Waals surface area (Å²) in [7, 11) is 0. The van der Waals surface area contributed by atoms with Crippen LogP contribution < -0.4 is 0 Å². The first-order valence-corrected chi connectivity index (χ1v) is 5.79. The summed E-state index contributed by atoms with van der Waals surface area (Å²) in [6, 6.07) is 6.56. The van der Waals surface area contributed by atoms with Crippen molar-refractivity contribution in [3.8, 4) is 0 Å². The number of halogens is 2. The van der Waals surface area contributed by atoms with Gasteiger partial charge in [-0.1, -0.05) is 15.9 Å². The third-order valence-electron chi connectivity index (χ3n) is 2.44. The van der Waals surface area contributed by atoms with Gasteiger partial charge in [-0.3, -0.25) is 9.78 Å². The zero-order chi connectivity index (χ0) is 12.4. The van der Waals surface area contributed by atoms with Gasteiger partial charge in [-0.2, -0.15) is 0 Å². The van der Waals surface area contributed by atoms with Crippen molar-refractivity contribution < 1.29 is 9.18 Å². The monoisotopic (exact) mass is 293 g/mol.